The Bertz CT molecular complexity index is 61.7. The van der Waals surface area contributed by atoms with Gasteiger partial charge in [-0.2, -0.15) is 0 Å². The molecular formula is C4H5Si. The van der Waals surface area contributed by atoms with Crippen molar-refractivity contribution in [1.29, 1.82) is 0 Å². The maximum Gasteiger partial charge on any atom is 0.0837 e. The van der Waals surface area contributed by atoms with Crippen molar-refractivity contribution in [2.24, 2.45) is 0 Å². The van der Waals surface area contributed by atoms with Crippen LogP contribution in [-0.2, 0) is 0 Å². The van der Waals surface area contributed by atoms with Gasteiger partial charge in [0.2, 0.25) is 0 Å². The molecule has 0 aromatic rings. The molecule has 1 heteroatoms. The highest BCUT2D eigenvalue weighted by atomic mass is 28.2. The summed E-state index contributed by atoms with van der Waals surface area (Å²) in [5, 5.41) is 0. The summed E-state index contributed by atoms with van der Waals surface area (Å²) in [7, 11) is 0.565. The average molecular weight is 81.2 g/mol. The van der Waals surface area contributed by atoms with E-state index in [4.69, 9.17) is 0 Å². The minimum atomic E-state index is 0.565. The predicted molar refractivity (Wildman–Crippen MR) is 25.4 cm³/mol. The summed E-state index contributed by atoms with van der Waals surface area (Å²) in [5.74, 6) is 0. The van der Waals surface area contributed by atoms with Crippen molar-refractivity contribution < 1.29 is 0 Å². The third-order valence-corrected chi connectivity index (χ3v) is 1.44. The molecule has 0 N–H and O–H groups in total. The summed E-state index contributed by atoms with van der Waals surface area (Å²) in [5.41, 5.74) is 4.42. The van der Waals surface area contributed by atoms with Crippen LogP contribution in [0.5, 0.6) is 0 Å². The van der Waals surface area contributed by atoms with Crippen molar-refractivity contribution in [3.05, 3.63) is 23.6 Å². The lowest BCUT2D eigenvalue weighted by atomic mass is 10.6. The van der Waals surface area contributed by atoms with E-state index in [0.29, 0.717) is 9.52 Å². The van der Waals surface area contributed by atoms with Gasteiger partial charge in [0.05, 0.1) is 9.52 Å². The van der Waals surface area contributed by atoms with Gasteiger partial charge in [-0.05, 0) is 0 Å². The Morgan fingerprint density at radius 2 is 1.60 bits per heavy atom. The highest BCUT2D eigenvalue weighted by molar-refractivity contribution is 6.49. The van der Waals surface area contributed by atoms with E-state index in [1.165, 1.54) is 0 Å². The van der Waals surface area contributed by atoms with E-state index in [0.717, 1.165) is 0 Å². The van der Waals surface area contributed by atoms with Gasteiger partial charge < -0.3 is 0 Å². The number of hydrogen-bond donors (Lipinski definition) is 0. The Morgan fingerprint density at radius 3 is 1.80 bits per heavy atom. The Hall–Kier alpha value is -0.303. The van der Waals surface area contributed by atoms with Crippen LogP contribution in [0.15, 0.2) is 23.6 Å². The van der Waals surface area contributed by atoms with Gasteiger partial charge in [-0.1, -0.05) is 23.6 Å². The van der Waals surface area contributed by atoms with Crippen LogP contribution in [0, 0.1) is 0 Å². The molecule has 0 unspecified atom stereocenters. The predicted octanol–water partition coefficient (Wildman–Crippen LogP) is 0.464. The van der Waals surface area contributed by atoms with Crippen molar-refractivity contribution >= 4 is 9.52 Å². The zero-order chi connectivity index (χ0) is 3.54. The fourth-order valence-electron chi connectivity index (χ4n) is 0.321. The third kappa shape index (κ3) is 0.483. The smallest absolute Gasteiger partial charge is 0.0837 e. The molecule has 0 aliphatic carbocycles. The first-order valence-corrected chi connectivity index (χ1v) is 3.00. The van der Waals surface area contributed by atoms with Crippen LogP contribution in [-0.4, -0.2) is 9.52 Å². The van der Waals surface area contributed by atoms with Crippen molar-refractivity contribution in [2.75, 3.05) is 0 Å². The molecule has 1 rings (SSSR count). The standard InChI is InChI=1S/C4H5Si/c1-2-4-5-3-1/h1-5H. The van der Waals surface area contributed by atoms with Crippen LogP contribution in [0.2, 0.25) is 0 Å². The number of allylic oxidation sites excluding steroid dienone is 2. The molecule has 0 aromatic carbocycles. The van der Waals surface area contributed by atoms with Crippen molar-refractivity contribution in [3.8, 4) is 0 Å². The molecule has 0 aromatic heterocycles. The van der Waals surface area contributed by atoms with E-state index in [-0.39, 0.29) is 0 Å². The SMILES string of the molecule is C1=C[SiH]C=C1. The molecule has 1 heterocycles. The van der Waals surface area contributed by atoms with Gasteiger partial charge in [-0.25, -0.2) is 0 Å². The van der Waals surface area contributed by atoms with E-state index < -0.39 is 0 Å². The highest BCUT2D eigenvalue weighted by Crippen LogP contribution is 1.82. The number of hydrogen-bond acceptors (Lipinski definition) is 0. The van der Waals surface area contributed by atoms with Gasteiger partial charge in [0.25, 0.3) is 0 Å². The van der Waals surface area contributed by atoms with Gasteiger partial charge in [0.15, 0.2) is 0 Å². The van der Waals surface area contributed by atoms with E-state index in [2.05, 4.69) is 23.6 Å². The molecule has 1 aliphatic rings. The summed E-state index contributed by atoms with van der Waals surface area (Å²) >= 11 is 0. The topological polar surface area (TPSA) is 0 Å². The maximum atomic E-state index is 2.21. The molecule has 5 heavy (non-hydrogen) atoms. The molecule has 0 atom stereocenters. The minimum absolute atomic E-state index is 0.565. The lowest BCUT2D eigenvalue weighted by molar-refractivity contribution is 2.15. The quantitative estimate of drug-likeness (QED) is 0.372. The monoisotopic (exact) mass is 81.0 g/mol. The summed E-state index contributed by atoms with van der Waals surface area (Å²) in [4.78, 5) is 0. The van der Waals surface area contributed by atoms with Gasteiger partial charge in [-0.3, -0.25) is 0 Å². The van der Waals surface area contributed by atoms with Crippen LogP contribution in [0.25, 0.3) is 0 Å². The molecule has 25 valence electrons. The van der Waals surface area contributed by atoms with Crippen molar-refractivity contribution in [2.45, 2.75) is 0 Å². The molecule has 0 spiro atoms. The first-order chi connectivity index (χ1) is 2.50. The van der Waals surface area contributed by atoms with Crippen LogP contribution in [0.1, 0.15) is 0 Å². The lowest BCUT2D eigenvalue weighted by Gasteiger charge is -1.53. The molecular weight excluding hydrogens is 76.1 g/mol. The summed E-state index contributed by atoms with van der Waals surface area (Å²) in [6, 6.07) is 0. The second-order valence-electron chi connectivity index (χ2n) is 0.962. The largest absolute Gasteiger partial charge is 0.0954 e. The van der Waals surface area contributed by atoms with Gasteiger partial charge in [0, 0.05) is 0 Å². The van der Waals surface area contributed by atoms with E-state index >= 15 is 0 Å². The Morgan fingerprint density at radius 1 is 1.00 bits per heavy atom. The average Bonchev–Trinajstić information content (AvgIpc) is 1.76. The third-order valence-electron chi connectivity index (χ3n) is 0.556. The minimum Gasteiger partial charge on any atom is -0.0954 e. The lowest BCUT2D eigenvalue weighted by Crippen LogP contribution is -1.63. The Kier molecular flexibility index (Phi) is 0.709. The summed E-state index contributed by atoms with van der Waals surface area (Å²) in [6.45, 7) is 0. The van der Waals surface area contributed by atoms with Crippen molar-refractivity contribution in [3.63, 3.8) is 0 Å². The van der Waals surface area contributed by atoms with Gasteiger partial charge in [-0.15, -0.1) is 0 Å². The molecule has 0 saturated heterocycles. The zero-order valence-corrected chi connectivity index (χ0v) is 4.04. The summed E-state index contributed by atoms with van der Waals surface area (Å²) in [6.07, 6.45) is 4.19. The summed E-state index contributed by atoms with van der Waals surface area (Å²) < 4.78 is 0. The molecule has 1 radical (unpaired) electrons. The molecule has 0 bridgehead atoms. The molecule has 0 saturated carbocycles. The van der Waals surface area contributed by atoms with Crippen LogP contribution < -0.4 is 0 Å². The molecule has 1 aliphatic heterocycles. The fourth-order valence-corrected chi connectivity index (χ4v) is 0.962. The molecule has 0 amide bonds. The first-order valence-electron chi connectivity index (χ1n) is 1.67. The van der Waals surface area contributed by atoms with E-state index in [1.54, 1.807) is 0 Å². The fraction of sp³-hybridized carbons (Fsp3) is 0. The van der Waals surface area contributed by atoms with Crippen LogP contribution >= 0.6 is 0 Å². The Labute approximate surface area is 34.0 Å². The second kappa shape index (κ2) is 1.22. The van der Waals surface area contributed by atoms with Crippen molar-refractivity contribution in [1.82, 2.24) is 0 Å². The Balaban J connectivity index is 2.61. The number of rotatable bonds is 0. The second-order valence-corrected chi connectivity index (χ2v) is 2.12. The van der Waals surface area contributed by atoms with E-state index in [1.807, 2.05) is 0 Å². The van der Waals surface area contributed by atoms with Gasteiger partial charge >= 0.3 is 0 Å². The maximum absolute atomic E-state index is 2.21. The molecule has 0 fully saturated rings. The van der Waals surface area contributed by atoms with Gasteiger partial charge in [0.1, 0.15) is 0 Å². The van der Waals surface area contributed by atoms with Crippen LogP contribution in [0.4, 0.5) is 0 Å². The first kappa shape index (κ1) is 2.91. The van der Waals surface area contributed by atoms with E-state index in [9.17, 15) is 0 Å². The van der Waals surface area contributed by atoms with Crippen LogP contribution in [0.3, 0.4) is 0 Å². The normalized spacial score (nSPS) is 17.6. The zero-order valence-electron chi connectivity index (χ0n) is 2.89. The highest BCUT2D eigenvalue weighted by Gasteiger charge is 1.74. The molecule has 0 nitrogen and oxygen atoms in total.